The summed E-state index contributed by atoms with van der Waals surface area (Å²) in [6, 6.07) is 2.90. The molecule has 0 aromatic carbocycles. The van der Waals surface area contributed by atoms with E-state index in [1.165, 1.54) is 29.8 Å². The van der Waals surface area contributed by atoms with Gasteiger partial charge in [0.15, 0.2) is 24.6 Å². The maximum Gasteiger partial charge on any atom is 0.341 e. The van der Waals surface area contributed by atoms with Gasteiger partial charge in [-0.1, -0.05) is 6.92 Å². The largest absolute Gasteiger partial charge is 0.479 e. The number of aliphatic carboxylic acids is 1. The molecule has 3 N–H and O–H groups in total. The summed E-state index contributed by atoms with van der Waals surface area (Å²) in [7, 11) is 0. The molecule has 2 rings (SSSR count). The summed E-state index contributed by atoms with van der Waals surface area (Å²) in [5.74, 6) is -4.60. The molecule has 1 fully saturated rings. The molecule has 158 valence electrons. The van der Waals surface area contributed by atoms with E-state index in [-0.39, 0.29) is 12.2 Å². The van der Waals surface area contributed by atoms with Crippen LogP contribution in [-0.4, -0.2) is 64.1 Å². The molecule has 0 bridgehead atoms. The van der Waals surface area contributed by atoms with Crippen molar-refractivity contribution in [2.45, 2.75) is 44.8 Å². The minimum absolute atomic E-state index is 0.00265. The predicted molar refractivity (Wildman–Crippen MR) is 91.4 cm³/mol. The fraction of sp³-hybridized carbons (Fsp3) is 0.500. The Labute approximate surface area is 165 Å². The highest BCUT2D eigenvalue weighted by Gasteiger charge is 2.50. The number of aromatic carboxylic acids is 1. The van der Waals surface area contributed by atoms with E-state index < -0.39 is 60.8 Å². The molecule has 1 aromatic heterocycles. The van der Waals surface area contributed by atoms with Gasteiger partial charge in [-0.2, -0.15) is 4.57 Å². The molecule has 2 heterocycles. The smallest absolute Gasteiger partial charge is 0.341 e. The Morgan fingerprint density at radius 2 is 1.97 bits per heavy atom. The van der Waals surface area contributed by atoms with Crippen LogP contribution in [0, 0.1) is 5.92 Å². The number of ether oxygens (including phenoxy) is 3. The summed E-state index contributed by atoms with van der Waals surface area (Å²) in [6.07, 6.45) is -2.07. The van der Waals surface area contributed by atoms with Gasteiger partial charge in [0.2, 0.25) is 0 Å². The first-order chi connectivity index (χ1) is 13.6. The number of carboxylic acids is 2. The van der Waals surface area contributed by atoms with Gasteiger partial charge in [0, 0.05) is 18.9 Å². The average Bonchev–Trinajstić information content (AvgIpc) is 2.95. The molecule has 29 heavy (non-hydrogen) atoms. The molecule has 0 radical (unpaired) electrons. The van der Waals surface area contributed by atoms with E-state index in [4.69, 9.17) is 24.4 Å². The number of hydrogen-bond acceptors (Lipinski definition) is 8. The van der Waals surface area contributed by atoms with Crippen molar-refractivity contribution in [3.05, 3.63) is 30.1 Å². The number of aliphatic hydroxyl groups excluding tert-OH is 1. The Morgan fingerprint density at radius 1 is 1.28 bits per heavy atom. The van der Waals surface area contributed by atoms with Crippen molar-refractivity contribution in [1.82, 2.24) is 0 Å². The molecule has 1 aromatic rings. The summed E-state index contributed by atoms with van der Waals surface area (Å²) in [6.45, 7) is 2.67. The van der Waals surface area contributed by atoms with Crippen molar-refractivity contribution in [2.75, 3.05) is 6.61 Å². The van der Waals surface area contributed by atoms with Gasteiger partial charge in [-0.15, -0.1) is 0 Å². The molecule has 11 nitrogen and oxygen atoms in total. The first-order valence-corrected chi connectivity index (χ1v) is 8.73. The number of hydrogen-bond donors (Lipinski definition) is 3. The van der Waals surface area contributed by atoms with E-state index in [9.17, 15) is 24.3 Å². The van der Waals surface area contributed by atoms with Crippen molar-refractivity contribution >= 4 is 23.9 Å². The first-order valence-electron chi connectivity index (χ1n) is 8.73. The van der Waals surface area contributed by atoms with Gasteiger partial charge in [0.1, 0.15) is 18.3 Å². The van der Waals surface area contributed by atoms with Gasteiger partial charge in [0.25, 0.3) is 0 Å². The fourth-order valence-electron chi connectivity index (χ4n) is 2.90. The van der Waals surface area contributed by atoms with Crippen LogP contribution in [0.4, 0.5) is 0 Å². The molecule has 1 saturated heterocycles. The molecule has 1 aliphatic heterocycles. The zero-order chi connectivity index (χ0) is 21.7. The van der Waals surface area contributed by atoms with Gasteiger partial charge < -0.3 is 29.5 Å². The zero-order valence-electron chi connectivity index (χ0n) is 15.8. The predicted octanol–water partition coefficient (Wildman–Crippen LogP) is -0.484. The van der Waals surface area contributed by atoms with Crippen LogP contribution in [0.5, 0.6) is 0 Å². The highest BCUT2D eigenvalue weighted by Crippen LogP contribution is 2.33. The second-order valence-electron chi connectivity index (χ2n) is 6.58. The Hall–Kier alpha value is -3.05. The van der Waals surface area contributed by atoms with Crippen LogP contribution in [0.1, 0.15) is 36.9 Å². The maximum absolute atomic E-state index is 11.7. The van der Waals surface area contributed by atoms with Crippen LogP contribution in [0.15, 0.2) is 24.5 Å². The third kappa shape index (κ3) is 5.72. The van der Waals surface area contributed by atoms with Crippen LogP contribution in [0.25, 0.3) is 0 Å². The summed E-state index contributed by atoms with van der Waals surface area (Å²) >= 11 is 0. The van der Waals surface area contributed by atoms with Crippen LogP contribution in [-0.2, 0) is 28.6 Å². The van der Waals surface area contributed by atoms with E-state index >= 15 is 0 Å². The molecular formula is C18H22NO10+. The third-order valence-electron chi connectivity index (χ3n) is 4.42. The Morgan fingerprint density at radius 3 is 2.55 bits per heavy atom. The highest BCUT2D eigenvalue weighted by molar-refractivity contribution is 5.86. The second kappa shape index (κ2) is 9.43. The summed E-state index contributed by atoms with van der Waals surface area (Å²) in [4.78, 5) is 45.0. The van der Waals surface area contributed by atoms with E-state index in [1.54, 1.807) is 13.1 Å². The monoisotopic (exact) mass is 412 g/mol. The number of aliphatic hydroxyl groups is 1. The molecule has 0 unspecified atom stereocenters. The molecular weight excluding hydrogens is 390 g/mol. The van der Waals surface area contributed by atoms with Gasteiger partial charge in [0.05, 0.1) is 6.42 Å². The minimum Gasteiger partial charge on any atom is -0.479 e. The van der Waals surface area contributed by atoms with E-state index in [0.29, 0.717) is 0 Å². The highest BCUT2D eigenvalue weighted by atomic mass is 16.6. The normalized spacial score (nSPS) is 24.5. The Kier molecular flexibility index (Phi) is 7.23. The topological polar surface area (TPSA) is 161 Å². The molecule has 1 aliphatic rings. The molecule has 11 heteroatoms. The lowest BCUT2D eigenvalue weighted by Crippen LogP contribution is -2.46. The third-order valence-corrected chi connectivity index (χ3v) is 4.42. The van der Waals surface area contributed by atoms with Crippen molar-refractivity contribution in [2.24, 2.45) is 5.92 Å². The lowest BCUT2D eigenvalue weighted by atomic mass is 10.0. The van der Waals surface area contributed by atoms with Crippen LogP contribution >= 0.6 is 0 Å². The fourth-order valence-corrected chi connectivity index (χ4v) is 2.90. The van der Waals surface area contributed by atoms with Crippen LogP contribution in [0.2, 0.25) is 0 Å². The van der Waals surface area contributed by atoms with Crippen molar-refractivity contribution in [3.63, 3.8) is 0 Å². The van der Waals surface area contributed by atoms with E-state index in [0.717, 1.165) is 0 Å². The number of carbonyl (C=O) groups excluding carboxylic acids is 2. The summed E-state index contributed by atoms with van der Waals surface area (Å²) in [5.41, 5.74) is 0.00265. The number of carboxylic acid groups (broad SMARTS) is 2. The standard InChI is InChI=1S/C18H21NO10/c1-9-13(8-27-14(22)6-12(21)18(25)26)29-16(15(9)28-10(2)20)19-5-3-4-11(7-19)17(23)24/h3-5,7,9,12-13,15-16,21H,6,8H2,1-2H3,(H-,23,24,25,26)/p+1/t9-,12+,13-,15-,16-/m1/s1. The molecule has 5 atom stereocenters. The Bertz CT molecular complexity index is 795. The number of aromatic nitrogens is 1. The van der Waals surface area contributed by atoms with Crippen molar-refractivity contribution < 1.29 is 53.3 Å². The number of nitrogens with zero attached hydrogens (tertiary/aromatic N) is 1. The summed E-state index contributed by atoms with van der Waals surface area (Å²) < 4.78 is 17.6. The van der Waals surface area contributed by atoms with Crippen LogP contribution in [0.3, 0.4) is 0 Å². The number of carbonyl (C=O) groups is 4. The van der Waals surface area contributed by atoms with E-state index in [2.05, 4.69) is 0 Å². The second-order valence-corrected chi connectivity index (χ2v) is 6.58. The molecule has 0 spiro atoms. The molecule has 0 amide bonds. The van der Waals surface area contributed by atoms with Gasteiger partial charge in [-0.25, -0.2) is 9.59 Å². The number of esters is 2. The quantitative estimate of drug-likeness (QED) is 0.375. The SMILES string of the molecule is CC(=O)O[C@@H]1[C@H](C)[C@@H](COC(=O)C[C@H](O)C(=O)O)O[C@H]1[n+]1cccc(C(=O)O)c1. The lowest BCUT2D eigenvalue weighted by Gasteiger charge is -2.18. The Balaban J connectivity index is 2.13. The molecule has 0 saturated carbocycles. The van der Waals surface area contributed by atoms with Gasteiger partial charge in [-0.3, -0.25) is 9.59 Å². The van der Waals surface area contributed by atoms with Crippen molar-refractivity contribution in [3.8, 4) is 0 Å². The van der Waals surface area contributed by atoms with E-state index in [1.807, 2.05) is 0 Å². The van der Waals surface area contributed by atoms with Crippen molar-refractivity contribution in [1.29, 1.82) is 0 Å². The first kappa shape index (κ1) is 22.2. The number of rotatable bonds is 8. The molecule has 0 aliphatic carbocycles. The van der Waals surface area contributed by atoms with Gasteiger partial charge in [-0.05, 0) is 6.07 Å². The average molecular weight is 412 g/mol. The zero-order valence-corrected chi connectivity index (χ0v) is 15.8. The minimum atomic E-state index is -1.87. The van der Waals surface area contributed by atoms with Crippen LogP contribution < -0.4 is 4.57 Å². The summed E-state index contributed by atoms with van der Waals surface area (Å²) in [5, 5.41) is 27.0. The number of pyridine rings is 1. The maximum atomic E-state index is 11.7. The van der Waals surface area contributed by atoms with Gasteiger partial charge >= 0.3 is 30.1 Å². The lowest BCUT2D eigenvalue weighted by molar-refractivity contribution is -0.765.